The second-order valence-corrected chi connectivity index (χ2v) is 9.75. The number of hydrogen-bond acceptors (Lipinski definition) is 5. The third kappa shape index (κ3) is 6.36. The highest BCUT2D eigenvalue weighted by atomic mass is 16.5. The molecular formula is C24H38N4O4. The number of nitrogens with zero attached hydrogens (tertiary/aromatic N) is 2. The normalized spacial score (nSPS) is 22.1. The average Bonchev–Trinajstić information content (AvgIpc) is 3.53. The Kier molecular flexibility index (Phi) is 8.00. The Hall–Kier alpha value is -2.32. The molecule has 1 fully saturated rings. The minimum absolute atomic E-state index is 0.0000692. The van der Waals surface area contributed by atoms with E-state index in [4.69, 9.17) is 4.74 Å². The molecule has 0 unspecified atom stereocenters. The van der Waals surface area contributed by atoms with Crippen LogP contribution in [0.15, 0.2) is 18.2 Å². The van der Waals surface area contributed by atoms with Gasteiger partial charge in [-0.15, -0.1) is 0 Å². The largest absolute Gasteiger partial charge is 0.488 e. The maximum atomic E-state index is 13.4. The fourth-order valence-corrected chi connectivity index (χ4v) is 4.07. The molecule has 8 nitrogen and oxygen atoms in total. The summed E-state index contributed by atoms with van der Waals surface area (Å²) in [5.41, 5.74) is 0.917. The lowest BCUT2D eigenvalue weighted by Gasteiger charge is -2.38. The third-order valence-electron chi connectivity index (χ3n) is 6.10. The molecule has 0 spiro atoms. The summed E-state index contributed by atoms with van der Waals surface area (Å²) in [6, 6.07) is 4.53. The molecule has 0 radical (unpaired) electrons. The van der Waals surface area contributed by atoms with E-state index in [1.54, 1.807) is 23.1 Å². The number of nitrogens with one attached hydrogen (secondary N) is 2. The summed E-state index contributed by atoms with van der Waals surface area (Å²) < 4.78 is 6.40. The molecule has 178 valence electrons. The Bertz CT molecular complexity index is 811. The van der Waals surface area contributed by atoms with Crippen molar-refractivity contribution in [2.75, 3.05) is 38.6 Å². The van der Waals surface area contributed by atoms with Gasteiger partial charge in [-0.25, -0.2) is 4.79 Å². The fourth-order valence-electron chi connectivity index (χ4n) is 4.07. The lowest BCUT2D eigenvalue weighted by Crippen LogP contribution is -2.50. The number of carbonyl (C=O) groups is 2. The molecule has 1 aromatic carbocycles. The van der Waals surface area contributed by atoms with Crippen LogP contribution in [0, 0.1) is 11.8 Å². The maximum Gasteiger partial charge on any atom is 0.319 e. The molecule has 0 saturated heterocycles. The summed E-state index contributed by atoms with van der Waals surface area (Å²) in [6.07, 6.45) is 2.50. The molecule has 8 heteroatoms. The van der Waals surface area contributed by atoms with Crippen molar-refractivity contribution in [1.29, 1.82) is 0 Å². The number of anilines is 1. The zero-order valence-corrected chi connectivity index (χ0v) is 19.9. The number of aliphatic hydroxyl groups is 1. The third-order valence-corrected chi connectivity index (χ3v) is 6.10. The zero-order valence-electron chi connectivity index (χ0n) is 19.9. The van der Waals surface area contributed by atoms with Crippen LogP contribution < -0.4 is 15.4 Å². The Balaban J connectivity index is 1.87. The Morgan fingerprint density at radius 1 is 1.28 bits per heavy atom. The summed E-state index contributed by atoms with van der Waals surface area (Å²) in [7, 11) is 2.12. The van der Waals surface area contributed by atoms with Crippen LogP contribution >= 0.6 is 0 Å². The van der Waals surface area contributed by atoms with E-state index in [2.05, 4.69) is 29.5 Å². The average molecular weight is 447 g/mol. The van der Waals surface area contributed by atoms with Gasteiger partial charge in [0.1, 0.15) is 11.9 Å². The van der Waals surface area contributed by atoms with E-state index in [9.17, 15) is 14.7 Å². The van der Waals surface area contributed by atoms with E-state index in [1.165, 1.54) is 12.8 Å². The lowest BCUT2D eigenvalue weighted by molar-refractivity contribution is 0.0344. The van der Waals surface area contributed by atoms with Crippen molar-refractivity contribution in [3.05, 3.63) is 23.8 Å². The minimum atomic E-state index is -0.326. The number of hydrogen-bond donors (Lipinski definition) is 3. The molecule has 2 aliphatic rings. The van der Waals surface area contributed by atoms with Gasteiger partial charge >= 0.3 is 6.03 Å². The first-order valence-corrected chi connectivity index (χ1v) is 11.7. The van der Waals surface area contributed by atoms with Gasteiger partial charge in [0.15, 0.2) is 0 Å². The molecule has 1 aliphatic heterocycles. The van der Waals surface area contributed by atoms with Crippen LogP contribution in [0.3, 0.4) is 0 Å². The Labute approximate surface area is 191 Å². The van der Waals surface area contributed by atoms with Gasteiger partial charge in [0.25, 0.3) is 5.91 Å². The molecule has 1 saturated carbocycles. The number of likely N-dealkylation sites (N-methyl/N-ethyl adjacent to an activating group) is 1. The topological polar surface area (TPSA) is 94.1 Å². The number of fused-ring (bicyclic) bond motifs is 1. The molecule has 0 aromatic heterocycles. The van der Waals surface area contributed by atoms with Crippen molar-refractivity contribution in [3.8, 4) is 5.75 Å². The van der Waals surface area contributed by atoms with Crippen LogP contribution in [-0.2, 0) is 0 Å². The van der Waals surface area contributed by atoms with E-state index in [0.29, 0.717) is 23.5 Å². The van der Waals surface area contributed by atoms with Crippen LogP contribution in [-0.4, -0.2) is 78.3 Å². The van der Waals surface area contributed by atoms with Crippen molar-refractivity contribution in [2.24, 2.45) is 11.8 Å². The SMILES string of the molecule is CC(C)NC(=O)Nc1ccc2c(c1)C(=O)N([C@H](C)CO)C[C@H](C)[C@H](CN(C)CC1CC1)O2. The van der Waals surface area contributed by atoms with Crippen molar-refractivity contribution in [2.45, 2.75) is 58.7 Å². The van der Waals surface area contributed by atoms with Gasteiger partial charge in [0.2, 0.25) is 0 Å². The van der Waals surface area contributed by atoms with Gasteiger partial charge in [-0.1, -0.05) is 6.92 Å². The number of amides is 3. The monoisotopic (exact) mass is 446 g/mol. The summed E-state index contributed by atoms with van der Waals surface area (Å²) in [5, 5.41) is 15.3. The first-order chi connectivity index (χ1) is 15.2. The van der Waals surface area contributed by atoms with Gasteiger partial charge in [0, 0.05) is 37.3 Å². The number of rotatable bonds is 8. The molecule has 1 aromatic rings. The quantitative estimate of drug-likeness (QED) is 0.571. The zero-order chi connectivity index (χ0) is 23.4. The van der Waals surface area contributed by atoms with Gasteiger partial charge in [-0.2, -0.15) is 0 Å². The fraction of sp³-hybridized carbons (Fsp3) is 0.667. The van der Waals surface area contributed by atoms with Gasteiger partial charge in [0.05, 0.1) is 18.2 Å². The maximum absolute atomic E-state index is 13.4. The number of aliphatic hydroxyl groups excluding tert-OH is 1. The summed E-state index contributed by atoms with van der Waals surface area (Å²) in [5.74, 6) is 1.19. The van der Waals surface area contributed by atoms with E-state index >= 15 is 0 Å². The van der Waals surface area contributed by atoms with Crippen molar-refractivity contribution in [1.82, 2.24) is 15.1 Å². The van der Waals surface area contributed by atoms with E-state index in [-0.39, 0.29) is 42.7 Å². The lowest BCUT2D eigenvalue weighted by atomic mass is 9.99. The van der Waals surface area contributed by atoms with Crippen LogP contribution in [0.1, 0.15) is 50.9 Å². The molecule has 3 amide bonds. The first kappa shape index (κ1) is 24.3. The highest BCUT2D eigenvalue weighted by molar-refractivity contribution is 5.99. The standard InChI is InChI=1S/C24H38N4O4/c1-15(2)25-24(31)26-19-8-9-21-20(10-19)23(30)28(17(4)14-29)11-16(3)22(32-21)13-27(5)12-18-6-7-18/h8-10,15-18,22,29H,6-7,11-14H2,1-5H3,(H2,25,26,31)/t16-,17+,22-/m0/s1. The molecule has 0 bridgehead atoms. The molecule has 3 rings (SSSR count). The van der Waals surface area contributed by atoms with Crippen LogP contribution in [0.25, 0.3) is 0 Å². The predicted octanol–water partition coefficient (Wildman–Crippen LogP) is 2.78. The molecule has 1 heterocycles. The Morgan fingerprint density at radius 2 is 2.00 bits per heavy atom. The summed E-state index contributed by atoms with van der Waals surface area (Å²) >= 11 is 0. The van der Waals surface area contributed by atoms with Crippen LogP contribution in [0.2, 0.25) is 0 Å². The van der Waals surface area contributed by atoms with E-state index < -0.39 is 0 Å². The molecule has 3 N–H and O–H groups in total. The Morgan fingerprint density at radius 3 is 2.62 bits per heavy atom. The first-order valence-electron chi connectivity index (χ1n) is 11.7. The van der Waals surface area contributed by atoms with Crippen LogP contribution in [0.4, 0.5) is 10.5 Å². The predicted molar refractivity (Wildman–Crippen MR) is 125 cm³/mol. The molecule has 32 heavy (non-hydrogen) atoms. The van der Waals surface area contributed by atoms with Crippen LogP contribution in [0.5, 0.6) is 5.75 Å². The number of ether oxygens (including phenoxy) is 1. The van der Waals surface area contributed by atoms with Crippen molar-refractivity contribution in [3.63, 3.8) is 0 Å². The molecule has 1 aliphatic carbocycles. The smallest absolute Gasteiger partial charge is 0.319 e. The van der Waals surface area contributed by atoms with Crippen molar-refractivity contribution < 1.29 is 19.4 Å². The summed E-state index contributed by atoms with van der Waals surface area (Å²) in [6.45, 7) is 9.91. The highest BCUT2D eigenvalue weighted by Crippen LogP contribution is 2.32. The van der Waals surface area contributed by atoms with E-state index in [1.807, 2.05) is 20.8 Å². The minimum Gasteiger partial charge on any atom is -0.488 e. The number of urea groups is 1. The van der Waals surface area contributed by atoms with Gasteiger partial charge in [-0.3, -0.25) is 4.79 Å². The molecule has 3 atom stereocenters. The second kappa shape index (κ2) is 10.5. The van der Waals surface area contributed by atoms with Gasteiger partial charge in [-0.05, 0) is 64.8 Å². The van der Waals surface area contributed by atoms with Crippen molar-refractivity contribution >= 4 is 17.6 Å². The number of carbonyl (C=O) groups excluding carboxylic acids is 2. The van der Waals surface area contributed by atoms with Gasteiger partial charge < -0.3 is 30.3 Å². The van der Waals surface area contributed by atoms with E-state index in [0.717, 1.165) is 19.0 Å². The highest BCUT2D eigenvalue weighted by Gasteiger charge is 2.34. The summed E-state index contributed by atoms with van der Waals surface area (Å²) in [4.78, 5) is 29.6. The molecular weight excluding hydrogens is 408 g/mol. The number of benzene rings is 1. The second-order valence-electron chi connectivity index (χ2n) is 9.75.